The van der Waals surface area contributed by atoms with E-state index in [1.165, 1.54) is 0 Å². The standard InChI is InChI=1S/C19H22N2O/c1-3-15-13-21(17-9-6-5-8-16(15)17)18(22)12-19(4-2)10-7-11-20-14-19/h3,5-6,8-9,13-14H,1,4,7,10-12H2,2H3. The first-order valence-electron chi connectivity index (χ1n) is 7.96. The van der Waals surface area contributed by atoms with E-state index in [1.54, 1.807) is 4.57 Å². The van der Waals surface area contributed by atoms with Crippen molar-refractivity contribution in [2.24, 2.45) is 10.4 Å². The maximum Gasteiger partial charge on any atom is 0.232 e. The number of rotatable bonds is 4. The zero-order chi connectivity index (χ0) is 15.6. The van der Waals surface area contributed by atoms with Crippen LogP contribution in [0, 0.1) is 5.41 Å². The van der Waals surface area contributed by atoms with Crippen LogP contribution in [0.2, 0.25) is 0 Å². The SMILES string of the molecule is C=Cc1cn(C(=O)CC2(CC)C=NCCC2)c2ccccc12. The number of carbonyl (C=O) groups is 1. The summed E-state index contributed by atoms with van der Waals surface area (Å²) in [5.74, 6) is 0.138. The molecule has 3 rings (SSSR count). The highest BCUT2D eigenvalue weighted by Crippen LogP contribution is 2.34. The van der Waals surface area contributed by atoms with Crippen LogP contribution in [-0.2, 0) is 0 Å². The van der Waals surface area contributed by atoms with Gasteiger partial charge in [0.15, 0.2) is 0 Å². The third-order valence-electron chi connectivity index (χ3n) is 4.77. The van der Waals surface area contributed by atoms with E-state index in [9.17, 15) is 4.79 Å². The van der Waals surface area contributed by atoms with E-state index >= 15 is 0 Å². The molecule has 1 aromatic heterocycles. The van der Waals surface area contributed by atoms with Crippen LogP contribution in [0.4, 0.5) is 0 Å². The maximum atomic E-state index is 12.9. The van der Waals surface area contributed by atoms with Crippen LogP contribution in [-0.4, -0.2) is 23.2 Å². The minimum Gasteiger partial charge on any atom is -0.297 e. The molecule has 0 saturated carbocycles. The lowest BCUT2D eigenvalue weighted by molar-refractivity contribution is 0.0860. The molecule has 3 nitrogen and oxygen atoms in total. The molecule has 1 atom stereocenters. The van der Waals surface area contributed by atoms with Crippen LogP contribution in [0.1, 0.15) is 43.0 Å². The lowest BCUT2D eigenvalue weighted by Crippen LogP contribution is -2.30. The summed E-state index contributed by atoms with van der Waals surface area (Å²) in [4.78, 5) is 17.3. The van der Waals surface area contributed by atoms with E-state index in [4.69, 9.17) is 0 Å². The van der Waals surface area contributed by atoms with Crippen LogP contribution in [0.25, 0.3) is 17.0 Å². The van der Waals surface area contributed by atoms with Gasteiger partial charge in [-0.1, -0.05) is 37.8 Å². The summed E-state index contributed by atoms with van der Waals surface area (Å²) in [6, 6.07) is 7.99. The molecule has 1 unspecified atom stereocenters. The van der Waals surface area contributed by atoms with Crippen LogP contribution < -0.4 is 0 Å². The third-order valence-corrected chi connectivity index (χ3v) is 4.77. The van der Waals surface area contributed by atoms with Gasteiger partial charge in [0.1, 0.15) is 0 Å². The molecule has 114 valence electrons. The fraction of sp³-hybridized carbons (Fsp3) is 0.368. The lowest BCUT2D eigenvalue weighted by Gasteiger charge is -2.30. The number of hydrogen-bond donors (Lipinski definition) is 0. The maximum absolute atomic E-state index is 12.9. The zero-order valence-electron chi connectivity index (χ0n) is 13.1. The molecule has 0 amide bonds. The molecule has 0 saturated heterocycles. The highest BCUT2D eigenvalue weighted by atomic mass is 16.2. The van der Waals surface area contributed by atoms with Crippen molar-refractivity contribution in [3.63, 3.8) is 0 Å². The Balaban J connectivity index is 1.97. The number of benzene rings is 1. The first-order valence-corrected chi connectivity index (χ1v) is 7.96. The Morgan fingerprint density at radius 3 is 2.95 bits per heavy atom. The molecule has 2 aromatic rings. The Morgan fingerprint density at radius 1 is 1.45 bits per heavy atom. The molecule has 1 aliphatic rings. The van der Waals surface area contributed by atoms with Crippen LogP contribution in [0.5, 0.6) is 0 Å². The van der Waals surface area contributed by atoms with E-state index in [0.29, 0.717) is 6.42 Å². The predicted octanol–water partition coefficient (Wildman–Crippen LogP) is 4.58. The van der Waals surface area contributed by atoms with Gasteiger partial charge in [-0.3, -0.25) is 14.4 Å². The second-order valence-corrected chi connectivity index (χ2v) is 6.10. The normalized spacial score (nSPS) is 21.1. The first-order chi connectivity index (χ1) is 10.7. The van der Waals surface area contributed by atoms with Gasteiger partial charge in [-0.25, -0.2) is 0 Å². The summed E-state index contributed by atoms with van der Waals surface area (Å²) in [5, 5.41) is 1.08. The fourth-order valence-corrected chi connectivity index (χ4v) is 3.33. The summed E-state index contributed by atoms with van der Waals surface area (Å²) in [7, 11) is 0. The van der Waals surface area contributed by atoms with Gasteiger partial charge in [-0.15, -0.1) is 0 Å². The topological polar surface area (TPSA) is 34.4 Å². The smallest absolute Gasteiger partial charge is 0.232 e. The van der Waals surface area contributed by atoms with Gasteiger partial charge in [-0.2, -0.15) is 0 Å². The second kappa shape index (κ2) is 5.91. The van der Waals surface area contributed by atoms with Crippen molar-refractivity contribution in [1.82, 2.24) is 4.57 Å². The Bertz CT molecular complexity index is 741. The Kier molecular flexibility index (Phi) is 3.97. The summed E-state index contributed by atoms with van der Waals surface area (Å²) in [6.45, 7) is 6.89. The van der Waals surface area contributed by atoms with Gasteiger partial charge in [0.05, 0.1) is 5.52 Å². The highest BCUT2D eigenvalue weighted by Gasteiger charge is 2.31. The number of fused-ring (bicyclic) bond motifs is 1. The molecular weight excluding hydrogens is 272 g/mol. The Labute approximate surface area is 131 Å². The monoisotopic (exact) mass is 294 g/mol. The van der Waals surface area contributed by atoms with Gasteiger partial charge in [0.25, 0.3) is 0 Å². The Morgan fingerprint density at radius 2 is 2.27 bits per heavy atom. The van der Waals surface area contributed by atoms with Crippen molar-refractivity contribution in [2.75, 3.05) is 6.54 Å². The Hall–Kier alpha value is -2.16. The largest absolute Gasteiger partial charge is 0.297 e. The van der Waals surface area contributed by atoms with Gasteiger partial charge < -0.3 is 0 Å². The molecule has 0 aliphatic carbocycles. The fourth-order valence-electron chi connectivity index (χ4n) is 3.33. The molecule has 2 heterocycles. The van der Waals surface area contributed by atoms with Gasteiger partial charge in [-0.05, 0) is 30.9 Å². The number of aliphatic imine (C=N–C) groups is 1. The van der Waals surface area contributed by atoms with E-state index in [-0.39, 0.29) is 11.3 Å². The number of aromatic nitrogens is 1. The summed E-state index contributed by atoms with van der Waals surface area (Å²) < 4.78 is 1.78. The molecular formula is C19H22N2O. The third kappa shape index (κ3) is 2.52. The van der Waals surface area contributed by atoms with Crippen molar-refractivity contribution in [3.05, 3.63) is 42.6 Å². The van der Waals surface area contributed by atoms with Crippen molar-refractivity contribution < 1.29 is 4.79 Å². The molecule has 3 heteroatoms. The molecule has 0 bridgehead atoms. The first kappa shape index (κ1) is 14.8. The highest BCUT2D eigenvalue weighted by molar-refractivity contribution is 5.98. The predicted molar refractivity (Wildman–Crippen MR) is 92.6 cm³/mol. The van der Waals surface area contributed by atoms with Crippen molar-refractivity contribution in [3.8, 4) is 0 Å². The molecule has 0 radical (unpaired) electrons. The average molecular weight is 294 g/mol. The molecule has 0 N–H and O–H groups in total. The minimum atomic E-state index is -0.0744. The van der Waals surface area contributed by atoms with Crippen LogP contribution in [0.15, 0.2) is 42.0 Å². The molecule has 0 spiro atoms. The zero-order valence-corrected chi connectivity index (χ0v) is 13.1. The van der Waals surface area contributed by atoms with Gasteiger partial charge in [0, 0.05) is 36.2 Å². The van der Waals surface area contributed by atoms with E-state index in [1.807, 2.05) is 42.8 Å². The summed E-state index contributed by atoms with van der Waals surface area (Å²) in [6.07, 6.45) is 9.33. The van der Waals surface area contributed by atoms with E-state index in [2.05, 4.69) is 18.5 Å². The second-order valence-electron chi connectivity index (χ2n) is 6.10. The van der Waals surface area contributed by atoms with E-state index in [0.717, 1.165) is 42.3 Å². The molecule has 1 aromatic carbocycles. The number of nitrogens with zero attached hydrogens (tertiary/aromatic N) is 2. The number of carbonyl (C=O) groups excluding carboxylic acids is 1. The van der Waals surface area contributed by atoms with Crippen molar-refractivity contribution in [2.45, 2.75) is 32.6 Å². The number of hydrogen-bond acceptors (Lipinski definition) is 2. The summed E-state index contributed by atoms with van der Waals surface area (Å²) in [5.41, 5.74) is 1.89. The molecule has 1 aliphatic heterocycles. The van der Waals surface area contributed by atoms with Crippen molar-refractivity contribution in [1.29, 1.82) is 0 Å². The molecule has 0 fully saturated rings. The van der Waals surface area contributed by atoms with Gasteiger partial charge >= 0.3 is 0 Å². The van der Waals surface area contributed by atoms with Crippen molar-refractivity contribution >= 4 is 29.1 Å². The van der Waals surface area contributed by atoms with Crippen LogP contribution in [0.3, 0.4) is 0 Å². The molecule has 22 heavy (non-hydrogen) atoms. The quantitative estimate of drug-likeness (QED) is 0.813. The minimum absolute atomic E-state index is 0.0744. The number of para-hydroxylation sites is 1. The summed E-state index contributed by atoms with van der Waals surface area (Å²) >= 11 is 0. The van der Waals surface area contributed by atoms with Crippen LogP contribution >= 0.6 is 0 Å². The lowest BCUT2D eigenvalue weighted by atomic mass is 9.77. The van der Waals surface area contributed by atoms with Gasteiger partial charge in [0.2, 0.25) is 5.91 Å². The van der Waals surface area contributed by atoms with E-state index < -0.39 is 0 Å². The average Bonchev–Trinajstić information content (AvgIpc) is 2.95.